The van der Waals surface area contributed by atoms with E-state index in [4.69, 9.17) is 0 Å². The van der Waals surface area contributed by atoms with Gasteiger partial charge in [0.2, 0.25) is 5.91 Å². The summed E-state index contributed by atoms with van der Waals surface area (Å²) in [6.07, 6.45) is 4.42. The van der Waals surface area contributed by atoms with Crippen molar-refractivity contribution in [3.63, 3.8) is 0 Å². The molecular weight excluding hydrogens is 321 g/mol. The number of halogens is 3. The van der Waals surface area contributed by atoms with Gasteiger partial charge in [-0.25, -0.2) is 13.2 Å². The maximum Gasteiger partial charge on any atom is 0.220 e. The molecule has 1 fully saturated rings. The van der Waals surface area contributed by atoms with Gasteiger partial charge in [0, 0.05) is 37.8 Å². The molecule has 1 aromatic carbocycles. The Labute approximate surface area is 136 Å². The van der Waals surface area contributed by atoms with E-state index in [0.29, 0.717) is 18.4 Å². The van der Waals surface area contributed by atoms with E-state index in [2.05, 4.69) is 15.7 Å². The molecule has 128 valence electrons. The number of hydrogen-bond donors (Lipinski definition) is 2. The Balaban J connectivity index is 1.73. The molecule has 0 aliphatic carbocycles. The molecule has 0 spiro atoms. The highest BCUT2D eigenvalue weighted by atomic mass is 19.2. The molecule has 2 aromatic rings. The van der Waals surface area contributed by atoms with Crippen LogP contribution in [0.2, 0.25) is 0 Å². The van der Waals surface area contributed by atoms with Crippen LogP contribution in [0.4, 0.5) is 13.2 Å². The Morgan fingerprint density at radius 3 is 2.67 bits per heavy atom. The van der Waals surface area contributed by atoms with Crippen molar-refractivity contribution in [1.82, 2.24) is 20.4 Å². The minimum Gasteiger partial charge on any atom is -0.348 e. The predicted molar refractivity (Wildman–Crippen MR) is 80.3 cm³/mol. The van der Waals surface area contributed by atoms with Crippen LogP contribution in [0.1, 0.15) is 30.0 Å². The van der Waals surface area contributed by atoms with Crippen molar-refractivity contribution in [3.05, 3.63) is 53.1 Å². The average molecular weight is 338 g/mol. The number of nitrogens with one attached hydrogen (secondary N) is 2. The number of amides is 1. The number of piperidine rings is 1. The molecule has 0 radical (unpaired) electrons. The summed E-state index contributed by atoms with van der Waals surface area (Å²) in [6.45, 7) is 0.158. The normalized spacial score (nSPS) is 20.9. The highest BCUT2D eigenvalue weighted by molar-refractivity contribution is 5.77. The summed E-state index contributed by atoms with van der Waals surface area (Å²) in [6, 6.07) is 1.52. The smallest absolute Gasteiger partial charge is 0.220 e. The predicted octanol–water partition coefficient (Wildman–Crippen LogP) is 1.95. The Bertz CT molecular complexity index is 739. The molecule has 2 N–H and O–H groups in total. The van der Waals surface area contributed by atoms with Crippen molar-refractivity contribution >= 4 is 5.91 Å². The third-order valence-electron chi connectivity index (χ3n) is 4.10. The van der Waals surface area contributed by atoms with Gasteiger partial charge in [0.25, 0.3) is 0 Å². The first kappa shape index (κ1) is 16.5. The first-order valence-electron chi connectivity index (χ1n) is 7.59. The lowest BCUT2D eigenvalue weighted by atomic mass is 9.93. The minimum absolute atomic E-state index is 0.0548. The molecule has 5 nitrogen and oxygen atoms in total. The summed E-state index contributed by atoms with van der Waals surface area (Å²) >= 11 is 0. The van der Waals surface area contributed by atoms with Gasteiger partial charge in [0.05, 0.1) is 12.2 Å². The fourth-order valence-electron chi connectivity index (χ4n) is 2.89. The molecule has 0 bridgehead atoms. The summed E-state index contributed by atoms with van der Waals surface area (Å²) in [5.41, 5.74) is 1.15. The Morgan fingerprint density at radius 1 is 1.33 bits per heavy atom. The number of hydrogen-bond acceptors (Lipinski definition) is 3. The average Bonchev–Trinajstić information content (AvgIpc) is 2.97. The molecule has 0 saturated carbocycles. The van der Waals surface area contributed by atoms with Crippen LogP contribution in [0, 0.1) is 17.5 Å². The number of aromatic nitrogens is 2. The number of nitrogens with zero attached hydrogens (tertiary/aromatic N) is 2. The molecule has 3 rings (SSSR count). The number of rotatable bonds is 4. The molecule has 2 atom stereocenters. The second-order valence-corrected chi connectivity index (χ2v) is 5.89. The molecule has 1 aliphatic rings. The summed E-state index contributed by atoms with van der Waals surface area (Å²) in [4.78, 5) is 11.7. The molecular formula is C16H17F3N4O. The zero-order valence-corrected chi connectivity index (χ0v) is 13.0. The van der Waals surface area contributed by atoms with E-state index in [-0.39, 0.29) is 24.5 Å². The van der Waals surface area contributed by atoms with Crippen LogP contribution in [0.15, 0.2) is 24.5 Å². The van der Waals surface area contributed by atoms with E-state index in [0.717, 1.165) is 17.7 Å². The Kier molecular flexibility index (Phi) is 4.57. The lowest BCUT2D eigenvalue weighted by molar-refractivity contribution is -0.123. The fraction of sp³-hybridized carbons (Fsp3) is 0.375. The minimum atomic E-state index is -1.48. The van der Waals surface area contributed by atoms with Gasteiger partial charge in [-0.05, 0) is 24.1 Å². The van der Waals surface area contributed by atoms with Crippen molar-refractivity contribution in [2.75, 3.05) is 0 Å². The van der Waals surface area contributed by atoms with Crippen LogP contribution in [-0.4, -0.2) is 21.7 Å². The first-order chi connectivity index (χ1) is 11.4. The molecule has 1 saturated heterocycles. The highest BCUT2D eigenvalue weighted by Crippen LogP contribution is 2.24. The first-order valence-corrected chi connectivity index (χ1v) is 7.59. The fourth-order valence-corrected chi connectivity index (χ4v) is 2.89. The molecule has 1 amide bonds. The Hall–Kier alpha value is -2.35. The second kappa shape index (κ2) is 6.64. The van der Waals surface area contributed by atoms with Gasteiger partial charge in [-0.2, -0.15) is 5.10 Å². The van der Waals surface area contributed by atoms with E-state index in [1.54, 1.807) is 17.9 Å². The lowest BCUT2D eigenvalue weighted by Crippen LogP contribution is -2.48. The quantitative estimate of drug-likeness (QED) is 0.838. The number of aryl methyl sites for hydroxylation is 1. The standard InChI is InChI=1S/C16H17F3N4O/c1-23-8-10(7-21-23)16-13(2-3-14(24)22-16)20-6-9-4-11(17)15(19)12(18)5-9/h4-5,7-8,13,16,20H,2-3,6H2,1H3,(H,22,24)/t13-,16+/m1/s1. The van der Waals surface area contributed by atoms with E-state index < -0.39 is 17.5 Å². The zero-order chi connectivity index (χ0) is 17.3. The van der Waals surface area contributed by atoms with Gasteiger partial charge in [-0.15, -0.1) is 0 Å². The third kappa shape index (κ3) is 3.43. The van der Waals surface area contributed by atoms with Crippen LogP contribution < -0.4 is 10.6 Å². The summed E-state index contributed by atoms with van der Waals surface area (Å²) < 4.78 is 41.2. The van der Waals surface area contributed by atoms with E-state index >= 15 is 0 Å². The molecule has 0 unspecified atom stereocenters. The maximum atomic E-state index is 13.3. The molecule has 1 aromatic heterocycles. The number of benzene rings is 1. The van der Waals surface area contributed by atoms with Crippen LogP contribution in [0.3, 0.4) is 0 Å². The molecule has 8 heteroatoms. The SMILES string of the molecule is Cn1cc([C@@H]2NC(=O)CC[C@H]2NCc2cc(F)c(F)c(F)c2)cn1. The van der Waals surface area contributed by atoms with Gasteiger partial charge >= 0.3 is 0 Å². The molecule has 1 aliphatic heterocycles. The number of carbonyl (C=O) groups is 1. The van der Waals surface area contributed by atoms with Crippen molar-refractivity contribution < 1.29 is 18.0 Å². The van der Waals surface area contributed by atoms with Crippen molar-refractivity contribution in [2.24, 2.45) is 7.05 Å². The van der Waals surface area contributed by atoms with E-state index in [1.165, 1.54) is 0 Å². The van der Waals surface area contributed by atoms with Crippen molar-refractivity contribution in [2.45, 2.75) is 31.5 Å². The summed E-state index contributed by atoms with van der Waals surface area (Å²) in [7, 11) is 1.78. The van der Waals surface area contributed by atoms with Gasteiger partial charge < -0.3 is 10.6 Å². The lowest BCUT2D eigenvalue weighted by Gasteiger charge is -2.32. The molecule has 2 heterocycles. The van der Waals surface area contributed by atoms with Crippen LogP contribution in [-0.2, 0) is 18.4 Å². The van der Waals surface area contributed by atoms with Gasteiger partial charge in [0.1, 0.15) is 0 Å². The monoisotopic (exact) mass is 338 g/mol. The largest absolute Gasteiger partial charge is 0.348 e. The van der Waals surface area contributed by atoms with Crippen LogP contribution >= 0.6 is 0 Å². The van der Waals surface area contributed by atoms with Gasteiger partial charge in [0.15, 0.2) is 17.5 Å². The Morgan fingerprint density at radius 2 is 2.04 bits per heavy atom. The van der Waals surface area contributed by atoms with Crippen LogP contribution in [0.25, 0.3) is 0 Å². The van der Waals surface area contributed by atoms with E-state index in [1.807, 2.05) is 6.20 Å². The highest BCUT2D eigenvalue weighted by Gasteiger charge is 2.30. The third-order valence-corrected chi connectivity index (χ3v) is 4.10. The summed E-state index contributed by atoms with van der Waals surface area (Å²) in [5.74, 6) is -3.96. The van der Waals surface area contributed by atoms with Gasteiger partial charge in [-0.1, -0.05) is 0 Å². The van der Waals surface area contributed by atoms with Crippen molar-refractivity contribution in [1.29, 1.82) is 0 Å². The molecule has 24 heavy (non-hydrogen) atoms. The van der Waals surface area contributed by atoms with Crippen molar-refractivity contribution in [3.8, 4) is 0 Å². The van der Waals surface area contributed by atoms with E-state index in [9.17, 15) is 18.0 Å². The van der Waals surface area contributed by atoms with Crippen LogP contribution in [0.5, 0.6) is 0 Å². The van der Waals surface area contributed by atoms with Gasteiger partial charge in [-0.3, -0.25) is 9.48 Å². The summed E-state index contributed by atoms with van der Waals surface area (Å²) in [5, 5.41) is 10.2. The maximum absolute atomic E-state index is 13.3. The second-order valence-electron chi connectivity index (χ2n) is 5.89. The topological polar surface area (TPSA) is 59.0 Å². The number of carbonyl (C=O) groups excluding carboxylic acids is 1. The zero-order valence-electron chi connectivity index (χ0n) is 13.0.